The number of H-pyrrole nitrogens is 1. The number of nitrogens with zero attached hydrogens (tertiary/aromatic N) is 1. The van der Waals surface area contributed by atoms with Gasteiger partial charge in [0.1, 0.15) is 29.6 Å². The summed E-state index contributed by atoms with van der Waals surface area (Å²) in [7, 11) is -4.54. The molecule has 2 heterocycles. The molecule has 1 aromatic carbocycles. The van der Waals surface area contributed by atoms with Crippen molar-refractivity contribution in [2.75, 3.05) is 6.58 Å². The molecule has 2 aromatic rings. The van der Waals surface area contributed by atoms with Gasteiger partial charge in [-0.15, -0.1) is 0 Å². The molecule has 0 amide bonds. The van der Waals surface area contributed by atoms with E-state index in [0.29, 0.717) is 4.57 Å². The Bertz CT molecular complexity index is 1300. The summed E-state index contributed by atoms with van der Waals surface area (Å²) in [4.78, 5) is 38.1. The van der Waals surface area contributed by atoms with Crippen LogP contribution in [0.3, 0.4) is 0 Å². The second-order valence-corrected chi connectivity index (χ2v) is 10.2. The first-order chi connectivity index (χ1) is 17.6. The molecule has 4 N–H and O–H groups in total. The fraction of sp³-hybridized carbons (Fsp3) is 0.500. The van der Waals surface area contributed by atoms with E-state index >= 15 is 0 Å². The highest BCUT2D eigenvalue weighted by atomic mass is 31.2. The highest BCUT2D eigenvalue weighted by molar-refractivity contribution is 7.52. The van der Waals surface area contributed by atoms with Crippen molar-refractivity contribution in [1.29, 1.82) is 0 Å². The molecule has 0 saturated carbocycles. The van der Waals surface area contributed by atoms with Crippen LogP contribution in [-0.4, -0.2) is 62.3 Å². The van der Waals surface area contributed by atoms with E-state index in [1.807, 2.05) is 4.98 Å². The fourth-order valence-electron chi connectivity index (χ4n) is 3.31. The van der Waals surface area contributed by atoms with Gasteiger partial charge in [0, 0.05) is 12.2 Å². The highest BCUT2D eigenvalue weighted by Gasteiger charge is 2.54. The smallest absolute Gasteiger partial charge is 0.459 e. The number of carbonyl (C=O) groups is 1. The standard InChI is InChI=1S/C22H30N3O10P/c1-13(2)33-19(28)14(3)24-36(31,35-15-8-6-5-7-9-15)32-12-16-18(27)22(4,30)20(34-16)25-11-10-17(26)23-21(25)29/h5-11,13-14,16,18,20,27,30H,12H2,1-4H3,(H,24,31)(H,23,26,29)/t14-,16+,18+,20+,22+,36?/m0/s1/i10D,12D/t12-,14-,16+,18+,20+,22+,36?. The second kappa shape index (κ2) is 11.1. The average molecular weight is 529 g/mol. The van der Waals surface area contributed by atoms with E-state index in [0.717, 1.165) is 13.1 Å². The molecule has 13 nitrogen and oxygen atoms in total. The average Bonchev–Trinajstić information content (AvgIpc) is 3.05. The van der Waals surface area contributed by atoms with Gasteiger partial charge in [0.05, 0.1) is 15.4 Å². The van der Waals surface area contributed by atoms with Crippen molar-refractivity contribution in [1.82, 2.24) is 14.6 Å². The van der Waals surface area contributed by atoms with Gasteiger partial charge < -0.3 is 24.2 Å². The molecule has 1 aliphatic rings. The number of rotatable bonds is 10. The van der Waals surface area contributed by atoms with Crippen molar-refractivity contribution in [3.05, 3.63) is 63.4 Å². The lowest BCUT2D eigenvalue weighted by molar-refractivity contribution is -0.149. The van der Waals surface area contributed by atoms with E-state index in [4.69, 9.17) is 21.3 Å². The minimum absolute atomic E-state index is 0.0699. The zero-order valence-electron chi connectivity index (χ0n) is 22.0. The van der Waals surface area contributed by atoms with E-state index < -0.39 is 73.8 Å². The van der Waals surface area contributed by atoms with Gasteiger partial charge in [-0.3, -0.25) is 23.7 Å². The molecule has 0 spiro atoms. The summed E-state index contributed by atoms with van der Waals surface area (Å²) in [6, 6.07) is 5.93. The van der Waals surface area contributed by atoms with Crippen LogP contribution >= 0.6 is 7.75 Å². The Morgan fingerprint density at radius 1 is 1.36 bits per heavy atom. The zero-order valence-corrected chi connectivity index (χ0v) is 20.9. The summed E-state index contributed by atoms with van der Waals surface area (Å²) in [5.41, 5.74) is -4.23. The predicted octanol–water partition coefficient (Wildman–Crippen LogP) is 0.679. The van der Waals surface area contributed by atoms with Crippen LogP contribution < -0.4 is 20.9 Å². The summed E-state index contributed by atoms with van der Waals surface area (Å²) in [6.07, 6.45) is -4.88. The highest BCUT2D eigenvalue weighted by Crippen LogP contribution is 2.46. The summed E-state index contributed by atoms with van der Waals surface area (Å²) in [6.45, 7) is 3.71. The molecular formula is C22H30N3O10P. The number of hydrogen-bond acceptors (Lipinski definition) is 10. The zero-order chi connectivity index (χ0) is 28.4. The maximum absolute atomic E-state index is 13.7. The third-order valence-corrected chi connectivity index (χ3v) is 6.65. The third kappa shape index (κ3) is 6.49. The van der Waals surface area contributed by atoms with Gasteiger partial charge in [-0.25, -0.2) is 9.36 Å². The molecule has 0 aliphatic carbocycles. The maximum atomic E-state index is 13.7. The lowest BCUT2D eigenvalue weighted by Crippen LogP contribution is -2.47. The summed E-state index contributed by atoms with van der Waals surface area (Å²) in [5.74, 6) is -0.703. The lowest BCUT2D eigenvalue weighted by Gasteiger charge is -2.27. The number of hydrogen-bond donors (Lipinski definition) is 4. The molecule has 1 unspecified atom stereocenters. The van der Waals surface area contributed by atoms with E-state index in [-0.39, 0.29) is 5.75 Å². The molecule has 7 atom stereocenters. The van der Waals surface area contributed by atoms with Crippen LogP contribution in [0.15, 0.2) is 52.2 Å². The van der Waals surface area contributed by atoms with Gasteiger partial charge in [0.2, 0.25) is 0 Å². The Labute approximate surface area is 209 Å². The van der Waals surface area contributed by atoms with E-state index in [1.165, 1.54) is 19.1 Å². The molecule has 1 aromatic heterocycles. The SMILES string of the molecule is [2H]c1cn([C@@H]2O[C@H]([C@H]([2H])OP(=O)(N[C@@H](C)C(=O)OC(C)C)Oc3ccccc3)[C@@H](O)[C@@]2(C)O)c(=O)[nH]c1=O. The van der Waals surface area contributed by atoms with Crippen molar-refractivity contribution in [3.8, 4) is 5.75 Å². The van der Waals surface area contributed by atoms with Gasteiger partial charge in [-0.05, 0) is 39.8 Å². The van der Waals surface area contributed by atoms with Crippen molar-refractivity contribution >= 4 is 13.7 Å². The maximum Gasteiger partial charge on any atom is 0.459 e. The number of aromatic amines is 1. The van der Waals surface area contributed by atoms with E-state index in [9.17, 15) is 29.2 Å². The minimum atomic E-state index is -4.54. The first-order valence-electron chi connectivity index (χ1n) is 12.0. The van der Waals surface area contributed by atoms with Gasteiger partial charge in [-0.2, -0.15) is 5.09 Å². The van der Waals surface area contributed by atoms with Crippen molar-refractivity contribution in [2.24, 2.45) is 0 Å². The topological polar surface area (TPSA) is 178 Å². The molecule has 3 rings (SSSR count). The molecule has 1 saturated heterocycles. The quantitative estimate of drug-likeness (QED) is 0.251. The van der Waals surface area contributed by atoms with Crippen LogP contribution in [0.5, 0.6) is 5.75 Å². The molecule has 1 aliphatic heterocycles. The number of nitrogens with one attached hydrogen (secondary N) is 2. The molecule has 0 radical (unpaired) electrons. The molecular weight excluding hydrogens is 497 g/mol. The van der Waals surface area contributed by atoms with E-state index in [2.05, 4.69) is 5.09 Å². The van der Waals surface area contributed by atoms with Gasteiger partial charge in [0.25, 0.3) is 5.56 Å². The Kier molecular flexibility index (Phi) is 7.65. The first-order valence-corrected chi connectivity index (χ1v) is 12.5. The van der Waals surface area contributed by atoms with Crippen LogP contribution in [0.4, 0.5) is 0 Å². The summed E-state index contributed by atoms with van der Waals surface area (Å²) >= 11 is 0. The predicted molar refractivity (Wildman–Crippen MR) is 126 cm³/mol. The van der Waals surface area contributed by atoms with Crippen LogP contribution in [0.25, 0.3) is 0 Å². The molecule has 14 heteroatoms. The normalized spacial score (nSPS) is 28.0. The van der Waals surface area contributed by atoms with Gasteiger partial charge in [0.15, 0.2) is 6.23 Å². The second-order valence-electron chi connectivity index (χ2n) is 8.54. The summed E-state index contributed by atoms with van der Waals surface area (Å²) < 4.78 is 52.0. The number of ether oxygens (including phenoxy) is 2. The number of esters is 1. The Balaban J connectivity index is 1.88. The van der Waals surface area contributed by atoms with E-state index in [1.54, 1.807) is 32.0 Å². The number of carbonyl (C=O) groups excluding carboxylic acids is 1. The monoisotopic (exact) mass is 529 g/mol. The molecule has 198 valence electrons. The van der Waals surface area contributed by atoms with Crippen molar-refractivity contribution < 1.29 is 40.8 Å². The number of benzene rings is 1. The fourth-order valence-corrected chi connectivity index (χ4v) is 4.73. The largest absolute Gasteiger partial charge is 0.462 e. The molecule has 1 fully saturated rings. The Hall–Kier alpha value is -2.80. The number of aliphatic hydroxyl groups is 2. The van der Waals surface area contributed by atoms with Crippen LogP contribution in [0.1, 0.15) is 36.7 Å². The van der Waals surface area contributed by atoms with Crippen LogP contribution in [0.2, 0.25) is 0 Å². The van der Waals surface area contributed by atoms with Gasteiger partial charge >= 0.3 is 19.4 Å². The Morgan fingerprint density at radius 2 is 2.03 bits per heavy atom. The lowest BCUT2D eigenvalue weighted by atomic mass is 9.96. The van der Waals surface area contributed by atoms with Crippen molar-refractivity contribution in [2.45, 2.75) is 63.9 Å². The minimum Gasteiger partial charge on any atom is -0.462 e. The third-order valence-electron chi connectivity index (χ3n) is 5.10. The number of aliphatic hydroxyl groups excluding tert-OH is 1. The van der Waals surface area contributed by atoms with Crippen LogP contribution in [0, 0.1) is 0 Å². The Morgan fingerprint density at radius 3 is 2.67 bits per heavy atom. The summed E-state index contributed by atoms with van der Waals surface area (Å²) in [5, 5.41) is 24.1. The number of para-hydroxylation sites is 1. The van der Waals surface area contributed by atoms with Crippen LogP contribution in [-0.2, 0) is 23.4 Å². The first kappa shape index (κ1) is 24.9. The molecule has 36 heavy (non-hydrogen) atoms. The molecule has 0 bridgehead atoms. The number of aromatic nitrogens is 2. The van der Waals surface area contributed by atoms with Gasteiger partial charge in [-0.1, -0.05) is 18.2 Å². The van der Waals surface area contributed by atoms with Crippen molar-refractivity contribution in [3.63, 3.8) is 0 Å².